The molecule has 10 heteroatoms. The molecule has 2 amide bonds. The topological polar surface area (TPSA) is 109 Å². The van der Waals surface area contributed by atoms with Gasteiger partial charge in [0.1, 0.15) is 6.23 Å². The van der Waals surface area contributed by atoms with E-state index in [1.807, 2.05) is 14.1 Å². The molecule has 0 spiro atoms. The van der Waals surface area contributed by atoms with Crippen LogP contribution in [0.1, 0.15) is 6.42 Å². The smallest absolute Gasteiger partial charge is 0.309 e. The second kappa shape index (κ2) is 9.79. The Morgan fingerprint density at radius 3 is 2.52 bits per heavy atom. The van der Waals surface area contributed by atoms with Gasteiger partial charge in [-0.15, -0.1) is 0 Å². The van der Waals surface area contributed by atoms with Crippen LogP contribution in [0.15, 0.2) is 35.2 Å². The number of quaternary nitrogens is 1. The van der Waals surface area contributed by atoms with E-state index in [-0.39, 0.29) is 24.6 Å². The molecule has 27 heavy (non-hydrogen) atoms. The van der Waals surface area contributed by atoms with Crippen LogP contribution < -0.4 is 15.5 Å². The normalized spacial score (nSPS) is 17.8. The molecule has 1 atom stereocenters. The third-order valence-electron chi connectivity index (χ3n) is 4.08. The number of amides is 2. The van der Waals surface area contributed by atoms with E-state index in [0.29, 0.717) is 6.54 Å². The summed E-state index contributed by atoms with van der Waals surface area (Å²) in [6.07, 6.45) is -0.0831. The Labute approximate surface area is 159 Å². The summed E-state index contributed by atoms with van der Waals surface area (Å²) in [6, 6.07) is 8.03. The largest absolute Gasteiger partial charge is 0.359 e. The van der Waals surface area contributed by atoms with Crippen molar-refractivity contribution in [2.45, 2.75) is 17.5 Å². The molecule has 0 saturated carbocycles. The lowest BCUT2D eigenvalue weighted by atomic mass is 10.4. The van der Waals surface area contributed by atoms with E-state index in [0.717, 1.165) is 13.0 Å². The van der Waals surface area contributed by atoms with Gasteiger partial charge in [-0.2, -0.15) is 4.31 Å². The molecular formula is C17H27N4O5S+. The summed E-state index contributed by atoms with van der Waals surface area (Å²) in [5.74, 6) is -1.54. The number of ether oxygens (including phenoxy) is 1. The molecule has 1 aliphatic rings. The standard InChI is InChI=1S/C17H26N4O5S/c1-20(2)10-6-9-18-16(22)17(23)19-13-15-21(11-12-26-15)27(24,25)14-7-4-3-5-8-14/h3-5,7-8,15H,6,9-13H2,1-2H3,(H,18,22)(H,19,23)/p+1/t15-/m1/s1. The Kier molecular flexibility index (Phi) is 7.72. The maximum atomic E-state index is 12.7. The first kappa shape index (κ1) is 21.3. The molecule has 0 bridgehead atoms. The summed E-state index contributed by atoms with van der Waals surface area (Å²) in [5, 5.41) is 4.98. The van der Waals surface area contributed by atoms with E-state index >= 15 is 0 Å². The Hall–Kier alpha value is -2.01. The third-order valence-corrected chi connectivity index (χ3v) is 5.98. The highest BCUT2D eigenvalue weighted by atomic mass is 32.2. The summed E-state index contributed by atoms with van der Waals surface area (Å²) >= 11 is 0. The van der Waals surface area contributed by atoms with Gasteiger partial charge in [-0.1, -0.05) is 18.2 Å². The highest BCUT2D eigenvalue weighted by Gasteiger charge is 2.36. The van der Waals surface area contributed by atoms with E-state index in [1.54, 1.807) is 18.2 Å². The lowest BCUT2D eigenvalue weighted by molar-refractivity contribution is -0.858. The molecule has 1 fully saturated rings. The molecule has 9 nitrogen and oxygen atoms in total. The Morgan fingerprint density at radius 1 is 1.19 bits per heavy atom. The SMILES string of the molecule is C[NH+](C)CCCNC(=O)C(=O)NC[C@H]1OCCN1S(=O)(=O)c1ccccc1. The number of carbonyl (C=O) groups is 2. The zero-order chi connectivity index (χ0) is 19.9. The van der Waals surface area contributed by atoms with Gasteiger partial charge in [0.15, 0.2) is 0 Å². The van der Waals surface area contributed by atoms with Crippen molar-refractivity contribution in [1.82, 2.24) is 14.9 Å². The van der Waals surface area contributed by atoms with Crippen molar-refractivity contribution in [1.29, 1.82) is 0 Å². The van der Waals surface area contributed by atoms with E-state index in [9.17, 15) is 18.0 Å². The van der Waals surface area contributed by atoms with Gasteiger partial charge in [-0.3, -0.25) is 9.59 Å². The van der Waals surface area contributed by atoms with Gasteiger partial charge >= 0.3 is 11.8 Å². The van der Waals surface area contributed by atoms with E-state index < -0.39 is 28.1 Å². The second-order valence-electron chi connectivity index (χ2n) is 6.53. The summed E-state index contributed by atoms with van der Waals surface area (Å²) < 4.78 is 32.0. The molecule has 0 unspecified atom stereocenters. The number of carbonyl (C=O) groups excluding carboxylic acids is 2. The van der Waals surface area contributed by atoms with Crippen LogP contribution >= 0.6 is 0 Å². The molecule has 1 aromatic carbocycles. The third kappa shape index (κ3) is 5.99. The van der Waals surface area contributed by atoms with Crippen LogP contribution in [-0.4, -0.2) is 77.6 Å². The predicted octanol–water partition coefficient (Wildman–Crippen LogP) is -2.20. The fraction of sp³-hybridized carbons (Fsp3) is 0.529. The zero-order valence-electron chi connectivity index (χ0n) is 15.6. The summed E-state index contributed by atoms with van der Waals surface area (Å²) in [7, 11) is 0.283. The van der Waals surface area contributed by atoms with Crippen LogP contribution in [-0.2, 0) is 24.3 Å². The van der Waals surface area contributed by atoms with Crippen molar-refractivity contribution < 1.29 is 27.6 Å². The van der Waals surface area contributed by atoms with Gasteiger partial charge in [0.05, 0.1) is 38.7 Å². The van der Waals surface area contributed by atoms with E-state index in [1.165, 1.54) is 21.3 Å². The fourth-order valence-corrected chi connectivity index (χ4v) is 4.19. The Morgan fingerprint density at radius 2 is 1.85 bits per heavy atom. The number of nitrogens with zero attached hydrogens (tertiary/aromatic N) is 1. The molecule has 3 N–H and O–H groups in total. The van der Waals surface area contributed by atoms with Gasteiger partial charge in [-0.25, -0.2) is 8.42 Å². The first-order chi connectivity index (χ1) is 12.8. The maximum Gasteiger partial charge on any atom is 0.309 e. The van der Waals surface area contributed by atoms with Crippen LogP contribution in [0.5, 0.6) is 0 Å². The quantitative estimate of drug-likeness (QED) is 0.340. The second-order valence-corrected chi connectivity index (χ2v) is 8.42. The number of sulfonamides is 1. The lowest BCUT2D eigenvalue weighted by Gasteiger charge is -2.22. The molecule has 150 valence electrons. The first-order valence-electron chi connectivity index (χ1n) is 8.86. The van der Waals surface area contributed by atoms with Crippen molar-refractivity contribution >= 4 is 21.8 Å². The van der Waals surface area contributed by atoms with Crippen molar-refractivity contribution in [2.75, 3.05) is 46.9 Å². The predicted molar refractivity (Wildman–Crippen MR) is 98.4 cm³/mol. The van der Waals surface area contributed by atoms with Gasteiger partial charge in [0, 0.05) is 19.5 Å². The van der Waals surface area contributed by atoms with Gasteiger partial charge in [0.2, 0.25) is 10.0 Å². The van der Waals surface area contributed by atoms with Crippen LogP contribution in [0.3, 0.4) is 0 Å². The molecule has 0 aliphatic carbocycles. The molecule has 2 rings (SSSR count). The maximum absolute atomic E-state index is 12.7. The summed E-state index contributed by atoms with van der Waals surface area (Å²) in [6.45, 7) is 1.61. The molecule has 0 radical (unpaired) electrons. The molecule has 1 heterocycles. The van der Waals surface area contributed by atoms with Crippen molar-refractivity contribution in [3.05, 3.63) is 30.3 Å². The van der Waals surface area contributed by atoms with Gasteiger partial charge < -0.3 is 20.3 Å². The molecule has 1 aromatic rings. The minimum Gasteiger partial charge on any atom is -0.359 e. The average molecular weight is 399 g/mol. The monoisotopic (exact) mass is 399 g/mol. The Bertz CT molecular complexity index is 739. The number of rotatable bonds is 8. The van der Waals surface area contributed by atoms with Crippen molar-refractivity contribution in [2.24, 2.45) is 0 Å². The van der Waals surface area contributed by atoms with E-state index in [4.69, 9.17) is 4.74 Å². The van der Waals surface area contributed by atoms with Crippen LogP contribution in [0.25, 0.3) is 0 Å². The first-order valence-corrected chi connectivity index (χ1v) is 10.3. The number of hydrogen-bond acceptors (Lipinski definition) is 5. The minimum atomic E-state index is -3.73. The van der Waals surface area contributed by atoms with Crippen LogP contribution in [0.4, 0.5) is 0 Å². The number of hydrogen-bond donors (Lipinski definition) is 3. The van der Waals surface area contributed by atoms with Crippen molar-refractivity contribution in [3.8, 4) is 0 Å². The lowest BCUT2D eigenvalue weighted by Crippen LogP contribution is -3.05. The molecular weight excluding hydrogens is 372 g/mol. The number of nitrogens with one attached hydrogen (secondary N) is 3. The highest BCUT2D eigenvalue weighted by Crippen LogP contribution is 2.21. The zero-order valence-corrected chi connectivity index (χ0v) is 16.4. The fourth-order valence-electron chi connectivity index (χ4n) is 2.65. The van der Waals surface area contributed by atoms with Crippen LogP contribution in [0, 0.1) is 0 Å². The molecule has 0 aromatic heterocycles. The highest BCUT2D eigenvalue weighted by molar-refractivity contribution is 7.89. The Balaban J connectivity index is 1.86. The average Bonchev–Trinajstić information content (AvgIpc) is 3.13. The van der Waals surface area contributed by atoms with Gasteiger partial charge in [0.25, 0.3) is 0 Å². The van der Waals surface area contributed by atoms with E-state index in [2.05, 4.69) is 10.6 Å². The minimum absolute atomic E-state index is 0.0971. The molecule has 1 saturated heterocycles. The number of benzene rings is 1. The van der Waals surface area contributed by atoms with Crippen molar-refractivity contribution in [3.63, 3.8) is 0 Å². The van der Waals surface area contributed by atoms with Gasteiger partial charge in [-0.05, 0) is 12.1 Å². The molecule has 1 aliphatic heterocycles. The van der Waals surface area contributed by atoms with Crippen LogP contribution in [0.2, 0.25) is 0 Å². The summed E-state index contributed by atoms with van der Waals surface area (Å²) in [4.78, 5) is 25.1. The summed E-state index contributed by atoms with van der Waals surface area (Å²) in [5.41, 5.74) is 0.